The molecule has 0 unspecified atom stereocenters. The molecule has 0 atom stereocenters. The average molecular weight is 278 g/mol. The molecule has 2 rings (SSSR count). The highest BCUT2D eigenvalue weighted by molar-refractivity contribution is 7.13. The lowest BCUT2D eigenvalue weighted by Gasteiger charge is -1.86. The maximum Gasteiger partial charge on any atom is 0.328 e. The highest BCUT2D eigenvalue weighted by atomic mass is 32.1. The van der Waals surface area contributed by atoms with Crippen LogP contribution in [-0.4, -0.2) is 21.0 Å². The molecule has 0 radical (unpaired) electrons. The quantitative estimate of drug-likeness (QED) is 0.872. The molecule has 2 aromatic heterocycles. The Morgan fingerprint density at radius 3 is 2.83 bits per heavy atom. The first-order valence-corrected chi connectivity index (χ1v) is 6.80. The maximum absolute atomic E-state index is 10.4. The lowest BCUT2D eigenvalue weighted by molar-refractivity contribution is -0.131. The van der Waals surface area contributed by atoms with E-state index in [-0.39, 0.29) is 0 Å². The zero-order chi connectivity index (χ0) is 13.0. The molecule has 0 saturated heterocycles. The minimum atomic E-state index is -0.958. The molecule has 1 N–H and O–H groups in total. The van der Waals surface area contributed by atoms with Crippen molar-refractivity contribution in [2.75, 3.05) is 0 Å². The van der Waals surface area contributed by atoms with E-state index in [0.717, 1.165) is 26.5 Å². The summed E-state index contributed by atoms with van der Waals surface area (Å²) in [6.45, 7) is 1.96. The highest BCUT2D eigenvalue weighted by Gasteiger charge is 1.99. The number of hydrogen-bond donors (Lipinski definition) is 1. The Labute approximate surface area is 112 Å². The molecule has 0 aromatic carbocycles. The van der Waals surface area contributed by atoms with Crippen molar-refractivity contribution in [1.29, 1.82) is 0 Å². The van der Waals surface area contributed by atoms with E-state index in [2.05, 4.69) is 9.97 Å². The molecule has 0 spiro atoms. The monoisotopic (exact) mass is 278 g/mol. The second kappa shape index (κ2) is 5.70. The third-order valence-electron chi connectivity index (χ3n) is 2.09. The van der Waals surface area contributed by atoms with Crippen LogP contribution in [0.15, 0.2) is 17.8 Å². The van der Waals surface area contributed by atoms with Crippen LogP contribution in [0.2, 0.25) is 0 Å². The van der Waals surface area contributed by atoms with Gasteiger partial charge in [-0.05, 0) is 25.2 Å². The van der Waals surface area contributed by atoms with Gasteiger partial charge in [0.1, 0.15) is 5.01 Å². The van der Waals surface area contributed by atoms with Crippen LogP contribution in [0.25, 0.3) is 18.2 Å². The van der Waals surface area contributed by atoms with Crippen LogP contribution in [0.1, 0.15) is 20.5 Å². The van der Waals surface area contributed by atoms with Gasteiger partial charge in [-0.15, -0.1) is 22.7 Å². The summed E-state index contributed by atoms with van der Waals surface area (Å²) < 4.78 is 0. The summed E-state index contributed by atoms with van der Waals surface area (Å²) in [4.78, 5) is 20.6. The molecular formula is C12H10N2O2S2. The summed E-state index contributed by atoms with van der Waals surface area (Å²) in [6, 6.07) is 0. The van der Waals surface area contributed by atoms with Crippen LogP contribution in [0.3, 0.4) is 0 Å². The molecule has 18 heavy (non-hydrogen) atoms. The van der Waals surface area contributed by atoms with Crippen LogP contribution in [0.5, 0.6) is 0 Å². The van der Waals surface area contributed by atoms with Gasteiger partial charge in [0.15, 0.2) is 0 Å². The Morgan fingerprint density at radius 1 is 1.33 bits per heavy atom. The molecule has 6 heteroatoms. The number of nitrogens with zero attached hydrogens (tertiary/aromatic N) is 2. The van der Waals surface area contributed by atoms with Crippen molar-refractivity contribution in [2.24, 2.45) is 0 Å². The Balaban J connectivity index is 2.09. The fourth-order valence-electron chi connectivity index (χ4n) is 1.23. The first kappa shape index (κ1) is 12.7. The summed E-state index contributed by atoms with van der Waals surface area (Å²) in [5.74, 6) is -0.958. The van der Waals surface area contributed by atoms with Crippen molar-refractivity contribution >= 4 is 46.9 Å². The summed E-state index contributed by atoms with van der Waals surface area (Å²) in [5, 5.41) is 9.36. The lowest BCUT2D eigenvalue weighted by atomic mass is 10.3. The SMILES string of the molecule is Cc1ncsc1C=Cc1ncc(C=CC(=O)O)s1. The van der Waals surface area contributed by atoms with Crippen molar-refractivity contribution in [1.82, 2.24) is 9.97 Å². The number of rotatable bonds is 4. The third kappa shape index (κ3) is 3.35. The number of carboxylic acid groups (broad SMARTS) is 1. The molecule has 0 aliphatic heterocycles. The third-order valence-corrected chi connectivity index (χ3v) is 3.92. The molecule has 0 saturated carbocycles. The standard InChI is InChI=1S/C12H10N2O2S2/c1-8-10(17-7-14-8)3-4-11-13-6-9(18-11)2-5-12(15)16/h2-7H,1H3,(H,15,16). The number of thiazole rings is 2. The predicted molar refractivity (Wildman–Crippen MR) is 74.6 cm³/mol. The minimum Gasteiger partial charge on any atom is -0.478 e. The predicted octanol–water partition coefficient (Wildman–Crippen LogP) is 3.18. The molecular weight excluding hydrogens is 268 g/mol. The van der Waals surface area contributed by atoms with Crippen LogP contribution >= 0.6 is 22.7 Å². The number of aryl methyl sites for hydroxylation is 1. The topological polar surface area (TPSA) is 63.1 Å². The Morgan fingerprint density at radius 2 is 2.17 bits per heavy atom. The van der Waals surface area contributed by atoms with Gasteiger partial charge in [-0.3, -0.25) is 0 Å². The minimum absolute atomic E-state index is 0.818. The molecule has 0 aliphatic rings. The summed E-state index contributed by atoms with van der Waals surface area (Å²) in [7, 11) is 0. The van der Waals surface area contributed by atoms with E-state index >= 15 is 0 Å². The molecule has 2 aromatic rings. The van der Waals surface area contributed by atoms with E-state index in [4.69, 9.17) is 5.11 Å². The molecule has 92 valence electrons. The maximum atomic E-state index is 10.4. The van der Waals surface area contributed by atoms with E-state index in [1.165, 1.54) is 17.4 Å². The summed E-state index contributed by atoms with van der Waals surface area (Å²) in [6.07, 6.45) is 8.17. The molecule has 0 aliphatic carbocycles. The van der Waals surface area contributed by atoms with Crippen LogP contribution in [-0.2, 0) is 4.79 Å². The van der Waals surface area contributed by atoms with Gasteiger partial charge >= 0.3 is 5.97 Å². The molecule has 0 bridgehead atoms. The van der Waals surface area contributed by atoms with Crippen LogP contribution in [0, 0.1) is 6.92 Å². The number of aromatic nitrogens is 2. The Kier molecular flexibility index (Phi) is 4.01. The molecule has 4 nitrogen and oxygen atoms in total. The number of carboxylic acids is 1. The number of aliphatic carboxylic acids is 1. The van der Waals surface area contributed by atoms with Gasteiger partial charge in [0.2, 0.25) is 0 Å². The van der Waals surface area contributed by atoms with E-state index in [9.17, 15) is 4.79 Å². The van der Waals surface area contributed by atoms with Gasteiger partial charge in [-0.1, -0.05) is 0 Å². The van der Waals surface area contributed by atoms with Gasteiger partial charge in [-0.2, -0.15) is 0 Å². The van der Waals surface area contributed by atoms with E-state index in [1.807, 2.05) is 19.1 Å². The van der Waals surface area contributed by atoms with Gasteiger partial charge in [0.05, 0.1) is 11.2 Å². The van der Waals surface area contributed by atoms with Gasteiger partial charge in [-0.25, -0.2) is 14.8 Å². The van der Waals surface area contributed by atoms with Crippen molar-refractivity contribution in [3.63, 3.8) is 0 Å². The largest absolute Gasteiger partial charge is 0.478 e. The number of hydrogen-bond acceptors (Lipinski definition) is 5. The van der Waals surface area contributed by atoms with E-state index in [0.29, 0.717) is 0 Å². The lowest BCUT2D eigenvalue weighted by Crippen LogP contribution is -1.84. The first-order valence-electron chi connectivity index (χ1n) is 5.10. The second-order valence-corrected chi connectivity index (χ2v) is 5.39. The zero-order valence-corrected chi connectivity index (χ0v) is 11.2. The van der Waals surface area contributed by atoms with Crippen molar-refractivity contribution < 1.29 is 9.90 Å². The van der Waals surface area contributed by atoms with Gasteiger partial charge in [0, 0.05) is 22.0 Å². The first-order chi connectivity index (χ1) is 8.65. The van der Waals surface area contributed by atoms with E-state index in [1.54, 1.807) is 23.0 Å². The number of carbonyl (C=O) groups is 1. The Hall–Kier alpha value is -1.79. The highest BCUT2D eigenvalue weighted by Crippen LogP contribution is 2.19. The average Bonchev–Trinajstić information content (AvgIpc) is 2.93. The molecule has 0 amide bonds. The summed E-state index contributed by atoms with van der Waals surface area (Å²) >= 11 is 3.02. The van der Waals surface area contributed by atoms with Crippen LogP contribution in [0.4, 0.5) is 0 Å². The van der Waals surface area contributed by atoms with Crippen LogP contribution < -0.4 is 0 Å². The normalized spacial score (nSPS) is 11.6. The van der Waals surface area contributed by atoms with Gasteiger partial charge < -0.3 is 5.11 Å². The zero-order valence-electron chi connectivity index (χ0n) is 9.53. The van der Waals surface area contributed by atoms with Crippen molar-refractivity contribution in [3.8, 4) is 0 Å². The van der Waals surface area contributed by atoms with Crippen molar-refractivity contribution in [2.45, 2.75) is 6.92 Å². The molecule has 2 heterocycles. The Bertz CT molecular complexity index is 611. The fraction of sp³-hybridized carbons (Fsp3) is 0.0833. The van der Waals surface area contributed by atoms with Gasteiger partial charge in [0.25, 0.3) is 0 Å². The smallest absolute Gasteiger partial charge is 0.328 e. The molecule has 0 fully saturated rings. The summed E-state index contributed by atoms with van der Waals surface area (Å²) in [5.41, 5.74) is 2.80. The van der Waals surface area contributed by atoms with Crippen molar-refractivity contribution in [3.05, 3.63) is 38.2 Å². The second-order valence-electron chi connectivity index (χ2n) is 3.41. The fourth-order valence-corrected chi connectivity index (χ4v) is 2.64. The van der Waals surface area contributed by atoms with E-state index < -0.39 is 5.97 Å².